The van der Waals surface area contributed by atoms with Crippen molar-refractivity contribution in [1.29, 1.82) is 5.26 Å². The summed E-state index contributed by atoms with van der Waals surface area (Å²) in [6.45, 7) is 0.812. The summed E-state index contributed by atoms with van der Waals surface area (Å²) in [6, 6.07) is 13.0. The fraction of sp³-hybridized carbons (Fsp3) is 0.222. The lowest BCUT2D eigenvalue weighted by molar-refractivity contribution is 0.0175. The maximum atomic E-state index is 14.1. The van der Waals surface area contributed by atoms with Gasteiger partial charge in [0.15, 0.2) is 5.60 Å². The molecule has 9 nitrogen and oxygen atoms in total. The number of hydrogen-bond donors (Lipinski definition) is 1. The highest BCUT2D eigenvalue weighted by Gasteiger charge is 2.40. The molecule has 0 bridgehead atoms. The molecule has 0 saturated heterocycles. The van der Waals surface area contributed by atoms with Crippen LogP contribution in [0.3, 0.4) is 0 Å². The molecule has 0 aliphatic rings. The van der Waals surface area contributed by atoms with Crippen molar-refractivity contribution in [2.45, 2.75) is 18.4 Å². The van der Waals surface area contributed by atoms with Crippen LogP contribution in [0.15, 0.2) is 61.2 Å². The summed E-state index contributed by atoms with van der Waals surface area (Å²) in [7, 11) is 4.81. The summed E-state index contributed by atoms with van der Waals surface area (Å²) in [5.74, 6) is -2.96. The van der Waals surface area contributed by atoms with Gasteiger partial charge in [-0.2, -0.15) is 5.26 Å². The van der Waals surface area contributed by atoms with Gasteiger partial charge in [0.1, 0.15) is 11.8 Å². The minimum Gasteiger partial charge on any atom is -0.480 e. The number of ether oxygens (including phenoxy) is 1. The predicted molar refractivity (Wildman–Crippen MR) is 134 cm³/mol. The molecule has 5 rings (SSSR count). The van der Waals surface area contributed by atoms with Crippen LogP contribution in [0.1, 0.15) is 35.0 Å². The summed E-state index contributed by atoms with van der Waals surface area (Å²) >= 11 is 0. The molecule has 0 saturated carbocycles. The number of aliphatic hydroxyl groups is 1. The first-order valence-corrected chi connectivity index (χ1v) is 11.5. The maximum Gasteiger partial charge on any atom is 0.270 e. The molecule has 192 valence electrons. The largest absolute Gasteiger partial charge is 0.480 e. The van der Waals surface area contributed by atoms with Gasteiger partial charge in [-0.3, -0.25) is 0 Å². The highest BCUT2D eigenvalue weighted by atomic mass is 19.3. The van der Waals surface area contributed by atoms with E-state index in [0.29, 0.717) is 33.4 Å². The number of aromatic nitrogens is 6. The highest BCUT2D eigenvalue weighted by molar-refractivity contribution is 5.94. The molecule has 0 aliphatic carbocycles. The van der Waals surface area contributed by atoms with Crippen LogP contribution < -0.4 is 4.74 Å². The average Bonchev–Trinajstić information content (AvgIpc) is 3.54. The summed E-state index contributed by atoms with van der Waals surface area (Å²) < 4.78 is 36.9. The fourth-order valence-electron chi connectivity index (χ4n) is 4.70. The molecule has 0 aliphatic heterocycles. The van der Waals surface area contributed by atoms with Crippen LogP contribution in [-0.4, -0.2) is 41.7 Å². The number of rotatable bonds is 6. The third-order valence-electron chi connectivity index (χ3n) is 6.61. The molecule has 0 spiro atoms. The van der Waals surface area contributed by atoms with E-state index in [4.69, 9.17) is 4.74 Å². The smallest absolute Gasteiger partial charge is 0.270 e. The first-order valence-electron chi connectivity index (χ1n) is 11.5. The van der Waals surface area contributed by atoms with Crippen LogP contribution in [0.25, 0.3) is 22.0 Å². The van der Waals surface area contributed by atoms with Gasteiger partial charge < -0.3 is 14.4 Å². The van der Waals surface area contributed by atoms with E-state index in [0.717, 1.165) is 6.92 Å². The van der Waals surface area contributed by atoms with E-state index in [2.05, 4.69) is 26.3 Å². The predicted octanol–water partition coefficient (Wildman–Crippen LogP) is 4.04. The number of alkyl halides is 2. The first kappa shape index (κ1) is 25.0. The molecule has 0 amide bonds. The van der Waals surface area contributed by atoms with E-state index in [1.165, 1.54) is 42.4 Å². The molecule has 3 heterocycles. The van der Waals surface area contributed by atoms with Gasteiger partial charge in [0.2, 0.25) is 5.88 Å². The number of methoxy groups -OCH3 is 1. The van der Waals surface area contributed by atoms with Gasteiger partial charge in [-0.1, -0.05) is 29.5 Å². The monoisotopic (exact) mass is 515 g/mol. The Bertz CT molecular complexity index is 1670. The Labute approximate surface area is 216 Å². The molecular weight excluding hydrogens is 492 g/mol. The van der Waals surface area contributed by atoms with Crippen molar-refractivity contribution in [2.75, 3.05) is 7.11 Å². The molecule has 11 heteroatoms. The lowest BCUT2D eigenvalue weighted by Gasteiger charge is -2.29. The van der Waals surface area contributed by atoms with E-state index in [-0.39, 0.29) is 22.6 Å². The molecule has 1 N–H and O–H groups in total. The van der Waals surface area contributed by atoms with Crippen LogP contribution in [0.4, 0.5) is 8.78 Å². The maximum absolute atomic E-state index is 14.1. The molecule has 0 fully saturated rings. The number of hydrogen-bond acceptors (Lipinski definition) is 7. The second kappa shape index (κ2) is 9.00. The first-order chi connectivity index (χ1) is 18.1. The second-order valence-corrected chi connectivity index (χ2v) is 9.03. The summed E-state index contributed by atoms with van der Waals surface area (Å²) in [5.41, 5.74) is 0.505. The third-order valence-corrected chi connectivity index (χ3v) is 6.61. The Morgan fingerprint density at radius 2 is 1.84 bits per heavy atom. The van der Waals surface area contributed by atoms with Gasteiger partial charge >= 0.3 is 0 Å². The normalized spacial score (nSPS) is 13.3. The minimum atomic E-state index is -3.08. The zero-order chi connectivity index (χ0) is 27.2. The quantitative estimate of drug-likeness (QED) is 0.363. The molecule has 5 aromatic rings. The van der Waals surface area contributed by atoms with Crippen molar-refractivity contribution in [3.63, 3.8) is 0 Å². The van der Waals surface area contributed by atoms with Gasteiger partial charge in [-0.25, -0.2) is 23.4 Å². The summed E-state index contributed by atoms with van der Waals surface area (Å²) in [6.07, 6.45) is 4.56. The van der Waals surface area contributed by atoms with E-state index in [1.807, 2.05) is 0 Å². The van der Waals surface area contributed by atoms with E-state index < -0.39 is 11.5 Å². The Hall–Kier alpha value is -4.69. The van der Waals surface area contributed by atoms with Crippen molar-refractivity contribution < 1.29 is 18.6 Å². The van der Waals surface area contributed by atoms with Crippen LogP contribution in [0, 0.1) is 11.3 Å². The van der Waals surface area contributed by atoms with Gasteiger partial charge in [0.05, 0.1) is 48.2 Å². The van der Waals surface area contributed by atoms with Crippen molar-refractivity contribution in [3.8, 4) is 23.1 Å². The minimum absolute atomic E-state index is 0.121. The Morgan fingerprint density at radius 3 is 2.45 bits per heavy atom. The van der Waals surface area contributed by atoms with Gasteiger partial charge in [-0.15, -0.1) is 5.10 Å². The van der Waals surface area contributed by atoms with Gasteiger partial charge in [-0.05, 0) is 29.3 Å². The van der Waals surface area contributed by atoms with Crippen molar-refractivity contribution in [1.82, 2.24) is 29.5 Å². The van der Waals surface area contributed by atoms with Crippen LogP contribution in [0.2, 0.25) is 0 Å². The SMILES string of the molecule is COc1nc2ccc(C(O)(c3cncn3C)c3cnnn3C)cc2c(C#N)c1-c1cccc(C(C)(F)F)c1. The van der Waals surface area contributed by atoms with E-state index in [1.54, 1.807) is 49.3 Å². The van der Waals surface area contributed by atoms with Crippen molar-refractivity contribution >= 4 is 10.9 Å². The number of fused-ring (bicyclic) bond motifs is 1. The molecular formula is C27H23F2N7O2. The van der Waals surface area contributed by atoms with Crippen molar-refractivity contribution in [3.05, 3.63) is 89.3 Å². The van der Waals surface area contributed by atoms with Gasteiger partial charge in [0, 0.05) is 32.0 Å². The van der Waals surface area contributed by atoms with E-state index >= 15 is 0 Å². The lowest BCUT2D eigenvalue weighted by atomic mass is 9.85. The zero-order valence-corrected chi connectivity index (χ0v) is 21.0. The topological polar surface area (TPSA) is 115 Å². The number of benzene rings is 2. The Kier molecular flexibility index (Phi) is 5.92. The number of imidazole rings is 1. The summed E-state index contributed by atoms with van der Waals surface area (Å²) in [5, 5.41) is 30.8. The Balaban J connectivity index is 1.82. The molecule has 3 aromatic heterocycles. The van der Waals surface area contributed by atoms with Gasteiger partial charge in [0.25, 0.3) is 5.92 Å². The molecule has 0 radical (unpaired) electrons. The van der Waals surface area contributed by atoms with Crippen LogP contribution in [0.5, 0.6) is 5.88 Å². The summed E-state index contributed by atoms with van der Waals surface area (Å²) in [4.78, 5) is 8.73. The number of nitriles is 1. The third kappa shape index (κ3) is 3.86. The van der Waals surface area contributed by atoms with Crippen LogP contribution >= 0.6 is 0 Å². The number of aryl methyl sites for hydroxylation is 2. The number of nitrogens with zero attached hydrogens (tertiary/aromatic N) is 7. The molecule has 1 atom stereocenters. The lowest BCUT2D eigenvalue weighted by Crippen LogP contribution is -2.33. The Morgan fingerprint density at radius 1 is 1.05 bits per heavy atom. The number of halogens is 2. The second-order valence-electron chi connectivity index (χ2n) is 9.03. The average molecular weight is 516 g/mol. The highest BCUT2D eigenvalue weighted by Crippen LogP contribution is 2.41. The molecule has 1 unspecified atom stereocenters. The van der Waals surface area contributed by atoms with E-state index in [9.17, 15) is 19.1 Å². The van der Waals surface area contributed by atoms with Crippen LogP contribution in [-0.2, 0) is 25.6 Å². The molecule has 38 heavy (non-hydrogen) atoms. The zero-order valence-electron chi connectivity index (χ0n) is 21.0. The number of pyridine rings is 1. The fourth-order valence-corrected chi connectivity index (χ4v) is 4.70. The molecule has 2 aromatic carbocycles. The standard InChI is InChI=1S/C27H23F2N7O2/c1-26(28,29)17-7-5-6-16(10-17)24-20(12-30)19-11-18(8-9-21(19)33-25(24)38-4)27(37,22-13-31-15-35(22)2)23-14-32-34-36(23)3/h5-11,13-15,37H,1-4H3. The van der Waals surface area contributed by atoms with Crippen molar-refractivity contribution in [2.24, 2.45) is 14.1 Å².